The highest BCUT2D eigenvalue weighted by Crippen LogP contribution is 2.17. The van der Waals surface area contributed by atoms with Crippen LogP contribution in [0.4, 0.5) is 5.69 Å². The Hall–Kier alpha value is -2.37. The molecule has 0 aliphatic rings. The molecule has 1 N–H and O–H groups in total. The zero-order valence-electron chi connectivity index (χ0n) is 9.64. The standard InChI is InChI=1S/C11H13N3O3/c1-8(13(2)3)12-11(15)9-6-4-5-7-10(9)14(16)17/h4-7H,1H2,2-3H3,(H,12,15). The van der Waals surface area contributed by atoms with Crippen molar-refractivity contribution < 1.29 is 9.72 Å². The predicted molar refractivity (Wildman–Crippen MR) is 63.4 cm³/mol. The van der Waals surface area contributed by atoms with Crippen LogP contribution in [0.1, 0.15) is 10.4 Å². The Balaban J connectivity index is 2.97. The molecule has 1 amide bonds. The van der Waals surface area contributed by atoms with Gasteiger partial charge in [0, 0.05) is 20.2 Å². The fraction of sp³-hybridized carbons (Fsp3) is 0.182. The van der Waals surface area contributed by atoms with Crippen molar-refractivity contribution in [2.24, 2.45) is 0 Å². The number of hydrogen-bond acceptors (Lipinski definition) is 4. The van der Waals surface area contributed by atoms with Crippen molar-refractivity contribution >= 4 is 11.6 Å². The van der Waals surface area contributed by atoms with E-state index in [0.717, 1.165) is 0 Å². The van der Waals surface area contributed by atoms with E-state index in [1.165, 1.54) is 18.2 Å². The Bertz CT molecular complexity index is 469. The Morgan fingerprint density at radius 2 is 2.00 bits per heavy atom. The number of nitro benzene ring substituents is 1. The summed E-state index contributed by atoms with van der Waals surface area (Å²) in [7, 11) is 3.42. The molecule has 0 saturated heterocycles. The van der Waals surface area contributed by atoms with E-state index >= 15 is 0 Å². The minimum Gasteiger partial charge on any atom is -0.365 e. The van der Waals surface area contributed by atoms with Crippen LogP contribution < -0.4 is 5.32 Å². The van der Waals surface area contributed by atoms with Crippen LogP contribution in [0.2, 0.25) is 0 Å². The second-order valence-corrected chi connectivity index (χ2v) is 3.57. The number of benzene rings is 1. The van der Waals surface area contributed by atoms with Crippen molar-refractivity contribution in [2.45, 2.75) is 0 Å². The second kappa shape index (κ2) is 5.11. The molecule has 0 saturated carbocycles. The molecule has 6 nitrogen and oxygen atoms in total. The van der Waals surface area contributed by atoms with Crippen LogP contribution in [0.15, 0.2) is 36.7 Å². The SMILES string of the molecule is C=C(NC(=O)c1ccccc1[N+](=O)[O-])N(C)C. The van der Waals surface area contributed by atoms with Gasteiger partial charge in [-0.15, -0.1) is 0 Å². The lowest BCUT2D eigenvalue weighted by Crippen LogP contribution is -2.30. The van der Waals surface area contributed by atoms with Crippen LogP contribution in [-0.2, 0) is 0 Å². The number of para-hydroxylation sites is 1. The minimum atomic E-state index is -0.590. The van der Waals surface area contributed by atoms with E-state index in [4.69, 9.17) is 0 Å². The van der Waals surface area contributed by atoms with Crippen molar-refractivity contribution in [1.82, 2.24) is 10.2 Å². The van der Waals surface area contributed by atoms with E-state index in [-0.39, 0.29) is 11.3 Å². The summed E-state index contributed by atoms with van der Waals surface area (Å²) in [6, 6.07) is 5.76. The van der Waals surface area contributed by atoms with Gasteiger partial charge in [0.2, 0.25) is 0 Å². The molecule has 0 heterocycles. The Morgan fingerprint density at radius 3 is 2.53 bits per heavy atom. The molecule has 0 aliphatic heterocycles. The molecule has 1 rings (SSSR count). The third-order valence-corrected chi connectivity index (χ3v) is 2.14. The molecule has 0 unspecified atom stereocenters. The van der Waals surface area contributed by atoms with Crippen molar-refractivity contribution in [3.63, 3.8) is 0 Å². The third kappa shape index (κ3) is 3.04. The maximum absolute atomic E-state index is 11.8. The van der Waals surface area contributed by atoms with Crippen LogP contribution in [0.5, 0.6) is 0 Å². The molecule has 0 radical (unpaired) electrons. The Morgan fingerprint density at radius 1 is 1.41 bits per heavy atom. The van der Waals surface area contributed by atoms with Gasteiger partial charge in [0.25, 0.3) is 11.6 Å². The smallest absolute Gasteiger partial charge is 0.282 e. The minimum absolute atomic E-state index is 0.0144. The molecular weight excluding hydrogens is 222 g/mol. The van der Waals surface area contributed by atoms with E-state index in [0.29, 0.717) is 5.82 Å². The molecule has 17 heavy (non-hydrogen) atoms. The number of amides is 1. The van der Waals surface area contributed by atoms with Crippen molar-refractivity contribution in [3.05, 3.63) is 52.3 Å². The first kappa shape index (κ1) is 12.7. The first-order valence-corrected chi connectivity index (χ1v) is 4.84. The first-order valence-electron chi connectivity index (χ1n) is 4.84. The first-order chi connectivity index (χ1) is 7.93. The molecule has 90 valence electrons. The maximum atomic E-state index is 11.8. The predicted octanol–water partition coefficient (Wildman–Crippen LogP) is 1.36. The third-order valence-electron chi connectivity index (χ3n) is 2.14. The van der Waals surface area contributed by atoms with Gasteiger partial charge < -0.3 is 10.2 Å². The van der Waals surface area contributed by atoms with Gasteiger partial charge in [0.1, 0.15) is 11.4 Å². The largest absolute Gasteiger partial charge is 0.365 e. The fourth-order valence-electron chi connectivity index (χ4n) is 1.14. The highest BCUT2D eigenvalue weighted by molar-refractivity contribution is 5.98. The average Bonchev–Trinajstić information content (AvgIpc) is 2.28. The van der Waals surface area contributed by atoms with Crippen LogP contribution in [-0.4, -0.2) is 29.8 Å². The van der Waals surface area contributed by atoms with Gasteiger partial charge in [-0.3, -0.25) is 14.9 Å². The highest BCUT2D eigenvalue weighted by atomic mass is 16.6. The lowest BCUT2D eigenvalue weighted by atomic mass is 10.1. The normalized spacial score (nSPS) is 9.53. The van der Waals surface area contributed by atoms with Gasteiger partial charge in [-0.2, -0.15) is 0 Å². The van der Waals surface area contributed by atoms with E-state index in [1.54, 1.807) is 25.1 Å². The monoisotopic (exact) mass is 235 g/mol. The number of carbonyl (C=O) groups excluding carboxylic acids is 1. The molecule has 1 aromatic rings. The summed E-state index contributed by atoms with van der Waals surface area (Å²) >= 11 is 0. The zero-order chi connectivity index (χ0) is 13.0. The Labute approximate surface area is 98.7 Å². The molecule has 0 spiro atoms. The molecule has 0 atom stereocenters. The number of nitrogens with zero attached hydrogens (tertiary/aromatic N) is 2. The molecule has 0 aromatic heterocycles. The summed E-state index contributed by atoms with van der Waals surface area (Å²) in [5.41, 5.74) is -0.211. The van der Waals surface area contributed by atoms with Crippen LogP contribution in [0.25, 0.3) is 0 Å². The van der Waals surface area contributed by atoms with Gasteiger partial charge in [0.15, 0.2) is 0 Å². The summed E-state index contributed by atoms with van der Waals surface area (Å²) in [6.45, 7) is 3.62. The van der Waals surface area contributed by atoms with Crippen molar-refractivity contribution in [2.75, 3.05) is 14.1 Å². The number of rotatable bonds is 4. The fourth-order valence-corrected chi connectivity index (χ4v) is 1.14. The van der Waals surface area contributed by atoms with Crippen molar-refractivity contribution in [1.29, 1.82) is 0 Å². The number of nitro groups is 1. The molecular formula is C11H13N3O3. The van der Waals surface area contributed by atoms with E-state index in [1.807, 2.05) is 0 Å². The van der Waals surface area contributed by atoms with Crippen LogP contribution in [0.3, 0.4) is 0 Å². The second-order valence-electron chi connectivity index (χ2n) is 3.57. The van der Waals surface area contributed by atoms with Crippen LogP contribution >= 0.6 is 0 Å². The van der Waals surface area contributed by atoms with Crippen LogP contribution in [0, 0.1) is 10.1 Å². The summed E-state index contributed by atoms with van der Waals surface area (Å²) in [5, 5.41) is 13.2. The number of nitrogens with one attached hydrogen (secondary N) is 1. The van der Waals surface area contributed by atoms with Gasteiger partial charge in [0.05, 0.1) is 4.92 Å². The average molecular weight is 235 g/mol. The summed E-state index contributed by atoms with van der Waals surface area (Å²) in [5.74, 6) is -0.177. The lowest BCUT2D eigenvalue weighted by molar-refractivity contribution is -0.385. The zero-order valence-corrected chi connectivity index (χ0v) is 9.64. The summed E-state index contributed by atoms with van der Waals surface area (Å²) in [6.07, 6.45) is 0. The van der Waals surface area contributed by atoms with Crippen molar-refractivity contribution in [3.8, 4) is 0 Å². The lowest BCUT2D eigenvalue weighted by Gasteiger charge is -2.16. The number of hydrogen-bond donors (Lipinski definition) is 1. The molecule has 1 aromatic carbocycles. The molecule has 6 heteroatoms. The van der Waals surface area contributed by atoms with Gasteiger partial charge in [-0.1, -0.05) is 18.7 Å². The summed E-state index contributed by atoms with van der Waals surface area (Å²) < 4.78 is 0. The van der Waals surface area contributed by atoms with Gasteiger partial charge in [-0.25, -0.2) is 0 Å². The Kier molecular flexibility index (Phi) is 3.82. The maximum Gasteiger partial charge on any atom is 0.282 e. The molecule has 0 fully saturated rings. The number of carbonyl (C=O) groups is 1. The topological polar surface area (TPSA) is 75.5 Å². The summed E-state index contributed by atoms with van der Waals surface area (Å²) in [4.78, 5) is 23.5. The van der Waals surface area contributed by atoms with Gasteiger partial charge >= 0.3 is 0 Å². The highest BCUT2D eigenvalue weighted by Gasteiger charge is 2.19. The van der Waals surface area contributed by atoms with Gasteiger partial charge in [-0.05, 0) is 6.07 Å². The van der Waals surface area contributed by atoms with E-state index in [2.05, 4.69) is 11.9 Å². The molecule has 0 bridgehead atoms. The van der Waals surface area contributed by atoms with E-state index in [9.17, 15) is 14.9 Å². The quantitative estimate of drug-likeness (QED) is 0.631. The molecule has 0 aliphatic carbocycles. The van der Waals surface area contributed by atoms with E-state index < -0.39 is 10.8 Å².